The van der Waals surface area contributed by atoms with E-state index in [4.69, 9.17) is 10.00 Å². The van der Waals surface area contributed by atoms with Crippen LogP contribution in [0.1, 0.15) is 22.5 Å². The minimum Gasteiger partial charge on any atom is -0.456 e. The van der Waals surface area contributed by atoms with E-state index in [1.165, 1.54) is 0 Å². The van der Waals surface area contributed by atoms with Crippen LogP contribution < -0.4 is 0 Å². The Morgan fingerprint density at radius 2 is 1.83 bits per heavy atom. The molecule has 0 saturated carbocycles. The normalized spacial score (nSPS) is 10.4. The number of esters is 1. The van der Waals surface area contributed by atoms with Crippen molar-refractivity contribution >= 4 is 16.9 Å². The molecule has 3 aromatic rings. The van der Waals surface area contributed by atoms with E-state index >= 15 is 0 Å². The molecule has 0 N–H and O–H groups in total. The largest absolute Gasteiger partial charge is 0.456 e. The molecule has 4 heteroatoms. The maximum Gasteiger partial charge on any atom is 0.355 e. The summed E-state index contributed by atoms with van der Waals surface area (Å²) >= 11 is 0. The number of aryl methyl sites for hydroxylation is 1. The van der Waals surface area contributed by atoms with Gasteiger partial charge in [-0.3, -0.25) is 0 Å². The maximum absolute atomic E-state index is 12.4. The number of carbonyl (C=O) groups is 1. The van der Waals surface area contributed by atoms with Crippen molar-refractivity contribution in [3.05, 3.63) is 71.9 Å². The maximum atomic E-state index is 12.4. The fourth-order valence-electron chi connectivity index (χ4n) is 2.58. The molecular weight excluding hydrogens is 288 g/mol. The van der Waals surface area contributed by atoms with Gasteiger partial charge in [-0.25, -0.2) is 4.79 Å². The molecule has 114 valence electrons. The third-order valence-electron chi connectivity index (χ3n) is 3.68. The van der Waals surface area contributed by atoms with Gasteiger partial charge in [-0.15, -0.1) is 0 Å². The number of rotatable bonds is 5. The summed E-state index contributed by atoms with van der Waals surface area (Å²) in [7, 11) is 0. The molecule has 1 heterocycles. The van der Waals surface area contributed by atoms with Crippen LogP contribution in [0.3, 0.4) is 0 Å². The Labute approximate surface area is 134 Å². The summed E-state index contributed by atoms with van der Waals surface area (Å²) < 4.78 is 7.27. The number of benzene rings is 2. The summed E-state index contributed by atoms with van der Waals surface area (Å²) in [4.78, 5) is 12.4. The molecule has 3 rings (SSSR count). The topological polar surface area (TPSA) is 55.0 Å². The van der Waals surface area contributed by atoms with Gasteiger partial charge in [0, 0.05) is 17.4 Å². The van der Waals surface area contributed by atoms with Gasteiger partial charge in [0.1, 0.15) is 12.3 Å². The third-order valence-corrected chi connectivity index (χ3v) is 3.68. The van der Waals surface area contributed by atoms with Crippen molar-refractivity contribution in [3.63, 3.8) is 0 Å². The molecule has 0 aliphatic heterocycles. The lowest BCUT2D eigenvalue weighted by atomic mass is 10.2. The van der Waals surface area contributed by atoms with Crippen molar-refractivity contribution in [1.29, 1.82) is 5.26 Å². The van der Waals surface area contributed by atoms with E-state index in [0.29, 0.717) is 18.7 Å². The fraction of sp³-hybridized carbons (Fsp3) is 0.158. The van der Waals surface area contributed by atoms with Crippen LogP contribution in [0.5, 0.6) is 0 Å². The van der Waals surface area contributed by atoms with Crippen LogP contribution in [-0.2, 0) is 17.9 Å². The van der Waals surface area contributed by atoms with Gasteiger partial charge in [-0.05, 0) is 17.7 Å². The third kappa shape index (κ3) is 3.24. The Kier molecular flexibility index (Phi) is 4.39. The first kappa shape index (κ1) is 14.9. The number of hydrogen-bond donors (Lipinski definition) is 0. The molecular formula is C19H16N2O2. The molecule has 4 nitrogen and oxygen atoms in total. The first-order chi connectivity index (χ1) is 11.3. The summed E-state index contributed by atoms with van der Waals surface area (Å²) in [6.45, 7) is 0.708. The number of nitrogens with zero attached hydrogens (tertiary/aromatic N) is 2. The van der Waals surface area contributed by atoms with Gasteiger partial charge in [0.25, 0.3) is 0 Å². The van der Waals surface area contributed by atoms with Gasteiger partial charge >= 0.3 is 5.97 Å². The highest BCUT2D eigenvalue weighted by molar-refractivity contribution is 5.95. The molecule has 0 bridgehead atoms. The van der Waals surface area contributed by atoms with Gasteiger partial charge in [0.05, 0.1) is 12.5 Å². The minimum absolute atomic E-state index is 0.236. The second-order valence-electron chi connectivity index (χ2n) is 5.21. The smallest absolute Gasteiger partial charge is 0.355 e. The Morgan fingerprint density at radius 1 is 1.09 bits per heavy atom. The molecule has 0 aliphatic carbocycles. The zero-order chi connectivity index (χ0) is 16.1. The first-order valence-corrected chi connectivity index (χ1v) is 7.46. The lowest BCUT2D eigenvalue weighted by Crippen LogP contribution is -2.12. The molecule has 0 aliphatic rings. The Balaban J connectivity index is 1.85. The summed E-state index contributed by atoms with van der Waals surface area (Å²) in [5.74, 6) is -0.372. The Bertz CT molecular complexity index is 860. The standard InChI is InChI=1S/C19H16N2O2/c20-11-6-12-21-17-10-5-4-9-16(17)13-18(21)19(22)23-14-15-7-2-1-3-8-15/h1-5,7-10,13H,6,12,14H2. The molecule has 2 aromatic carbocycles. The zero-order valence-electron chi connectivity index (χ0n) is 12.6. The van der Waals surface area contributed by atoms with Crippen molar-refractivity contribution < 1.29 is 9.53 Å². The predicted molar refractivity (Wildman–Crippen MR) is 87.7 cm³/mol. The van der Waals surface area contributed by atoms with Crippen LogP contribution in [0.2, 0.25) is 0 Å². The SMILES string of the molecule is N#CCCn1c(C(=O)OCc2ccccc2)cc2ccccc21. The molecule has 0 atom stereocenters. The van der Waals surface area contributed by atoms with Crippen molar-refractivity contribution in [3.8, 4) is 6.07 Å². The zero-order valence-corrected chi connectivity index (χ0v) is 12.6. The molecule has 23 heavy (non-hydrogen) atoms. The lowest BCUT2D eigenvalue weighted by molar-refractivity contribution is 0.0460. The van der Waals surface area contributed by atoms with Crippen molar-refractivity contribution in [2.45, 2.75) is 19.6 Å². The molecule has 0 radical (unpaired) electrons. The number of ether oxygens (including phenoxy) is 1. The van der Waals surface area contributed by atoms with E-state index in [-0.39, 0.29) is 12.6 Å². The number of para-hydroxylation sites is 1. The monoisotopic (exact) mass is 304 g/mol. The van der Waals surface area contributed by atoms with Gasteiger partial charge < -0.3 is 9.30 Å². The molecule has 1 aromatic heterocycles. The number of nitriles is 1. The van der Waals surface area contributed by atoms with Crippen LogP contribution in [0.15, 0.2) is 60.7 Å². The summed E-state index contributed by atoms with van der Waals surface area (Å²) in [6, 6.07) is 21.3. The van der Waals surface area contributed by atoms with Crippen LogP contribution in [0, 0.1) is 11.3 Å². The van der Waals surface area contributed by atoms with Crippen molar-refractivity contribution in [2.24, 2.45) is 0 Å². The van der Waals surface area contributed by atoms with Crippen molar-refractivity contribution in [1.82, 2.24) is 4.57 Å². The summed E-state index contributed by atoms with van der Waals surface area (Å²) in [5, 5.41) is 9.81. The van der Waals surface area contributed by atoms with Crippen LogP contribution >= 0.6 is 0 Å². The molecule has 0 fully saturated rings. The Morgan fingerprint density at radius 3 is 2.61 bits per heavy atom. The van der Waals surface area contributed by atoms with Crippen molar-refractivity contribution in [2.75, 3.05) is 0 Å². The van der Waals surface area contributed by atoms with E-state index in [0.717, 1.165) is 16.5 Å². The van der Waals surface area contributed by atoms with Crippen LogP contribution in [0.4, 0.5) is 0 Å². The molecule has 0 spiro atoms. The number of hydrogen-bond acceptors (Lipinski definition) is 3. The van der Waals surface area contributed by atoms with E-state index < -0.39 is 0 Å². The van der Waals surface area contributed by atoms with Gasteiger partial charge in [0.15, 0.2) is 0 Å². The molecule has 0 amide bonds. The van der Waals surface area contributed by atoms with E-state index in [9.17, 15) is 4.79 Å². The highest BCUT2D eigenvalue weighted by Crippen LogP contribution is 2.21. The lowest BCUT2D eigenvalue weighted by Gasteiger charge is -2.09. The fourth-order valence-corrected chi connectivity index (χ4v) is 2.58. The minimum atomic E-state index is -0.372. The van der Waals surface area contributed by atoms with E-state index in [2.05, 4.69) is 6.07 Å². The number of fused-ring (bicyclic) bond motifs is 1. The number of carbonyl (C=O) groups excluding carboxylic acids is 1. The second-order valence-corrected chi connectivity index (χ2v) is 5.21. The van der Waals surface area contributed by atoms with Gasteiger partial charge in [0.2, 0.25) is 0 Å². The Hall–Kier alpha value is -3.06. The highest BCUT2D eigenvalue weighted by Gasteiger charge is 2.16. The van der Waals surface area contributed by atoms with E-state index in [1.54, 1.807) is 0 Å². The average Bonchev–Trinajstić information content (AvgIpc) is 2.97. The number of aromatic nitrogens is 1. The summed E-state index contributed by atoms with van der Waals surface area (Å²) in [6.07, 6.45) is 0.345. The predicted octanol–water partition coefficient (Wildman–Crippen LogP) is 3.91. The quantitative estimate of drug-likeness (QED) is 0.671. The van der Waals surface area contributed by atoms with E-state index in [1.807, 2.05) is 65.2 Å². The first-order valence-electron chi connectivity index (χ1n) is 7.46. The van der Waals surface area contributed by atoms with Crippen LogP contribution in [-0.4, -0.2) is 10.5 Å². The molecule has 0 unspecified atom stereocenters. The van der Waals surface area contributed by atoms with Crippen LogP contribution in [0.25, 0.3) is 10.9 Å². The van der Waals surface area contributed by atoms with Gasteiger partial charge in [-0.2, -0.15) is 5.26 Å². The second kappa shape index (κ2) is 6.80. The average molecular weight is 304 g/mol. The molecule has 0 saturated heterocycles. The van der Waals surface area contributed by atoms with Gasteiger partial charge in [-0.1, -0.05) is 48.5 Å². The highest BCUT2D eigenvalue weighted by atomic mass is 16.5. The summed E-state index contributed by atoms with van der Waals surface area (Å²) in [5.41, 5.74) is 2.37.